The summed E-state index contributed by atoms with van der Waals surface area (Å²) in [7, 11) is 0. The predicted molar refractivity (Wildman–Crippen MR) is 155 cm³/mol. The fourth-order valence-corrected chi connectivity index (χ4v) is 4.33. The molecule has 0 saturated carbocycles. The second kappa shape index (κ2) is 12.4. The Morgan fingerprint density at radius 3 is 2.19 bits per heavy atom. The van der Waals surface area contributed by atoms with Crippen molar-refractivity contribution in [2.24, 2.45) is 0 Å². The number of hydrogen-bond acceptors (Lipinski definition) is 6. The van der Waals surface area contributed by atoms with Crippen LogP contribution in [0.15, 0.2) is 103 Å². The highest BCUT2D eigenvalue weighted by Gasteiger charge is 2.37. The van der Waals surface area contributed by atoms with Gasteiger partial charge in [0.05, 0.1) is 11.3 Å². The standard InChI is InChI=1S/C32H23ClN2O7/c33-24-10-15-28(42-19-21-6-8-22(9-7-21)31(38)39)23(16-24)17-27-29(36)34-32(40)35(30(27)37)25-11-13-26(14-12-25)41-18-20-4-2-1-3-5-20/h1-17H,18-19H2,(H,38,39)(H,34,36,40)/b27-17+. The minimum absolute atomic E-state index is 0.0845. The number of nitrogens with one attached hydrogen (secondary N) is 1. The molecule has 4 aromatic carbocycles. The maximum absolute atomic E-state index is 13.4. The highest BCUT2D eigenvalue weighted by molar-refractivity contribution is 6.39. The smallest absolute Gasteiger partial charge is 0.335 e. The van der Waals surface area contributed by atoms with Crippen LogP contribution in [0.2, 0.25) is 5.02 Å². The summed E-state index contributed by atoms with van der Waals surface area (Å²) in [6, 6.07) is 26.0. The first-order chi connectivity index (χ1) is 20.3. The van der Waals surface area contributed by atoms with Crippen LogP contribution in [0.3, 0.4) is 0 Å². The van der Waals surface area contributed by atoms with E-state index in [1.807, 2.05) is 30.3 Å². The minimum atomic E-state index is -1.04. The number of rotatable bonds is 9. The van der Waals surface area contributed by atoms with Gasteiger partial charge in [-0.1, -0.05) is 54.1 Å². The number of carboxylic acid groups (broad SMARTS) is 1. The third-order valence-corrected chi connectivity index (χ3v) is 6.55. The van der Waals surface area contributed by atoms with Gasteiger partial charge in [-0.2, -0.15) is 0 Å². The zero-order valence-corrected chi connectivity index (χ0v) is 22.7. The second-order valence-corrected chi connectivity index (χ2v) is 9.64. The van der Waals surface area contributed by atoms with Gasteiger partial charge in [0, 0.05) is 10.6 Å². The number of benzene rings is 4. The Balaban J connectivity index is 1.35. The molecule has 4 amide bonds. The molecular formula is C32H23ClN2O7. The lowest BCUT2D eigenvalue weighted by molar-refractivity contribution is -0.122. The lowest BCUT2D eigenvalue weighted by Crippen LogP contribution is -2.54. The number of carboxylic acids is 1. The van der Waals surface area contributed by atoms with Gasteiger partial charge in [0.25, 0.3) is 11.8 Å². The normalized spacial score (nSPS) is 14.1. The molecule has 2 N–H and O–H groups in total. The van der Waals surface area contributed by atoms with Gasteiger partial charge >= 0.3 is 12.0 Å². The van der Waals surface area contributed by atoms with Crippen molar-refractivity contribution in [1.82, 2.24) is 5.32 Å². The Hall–Kier alpha value is -5.41. The monoisotopic (exact) mass is 582 g/mol. The van der Waals surface area contributed by atoms with Gasteiger partial charge < -0.3 is 14.6 Å². The van der Waals surface area contributed by atoms with E-state index in [1.54, 1.807) is 48.5 Å². The van der Waals surface area contributed by atoms with E-state index in [4.69, 9.17) is 26.2 Å². The van der Waals surface area contributed by atoms with E-state index >= 15 is 0 Å². The van der Waals surface area contributed by atoms with E-state index in [9.17, 15) is 19.2 Å². The fraction of sp³-hybridized carbons (Fsp3) is 0.0625. The van der Waals surface area contributed by atoms with Crippen LogP contribution in [0.4, 0.5) is 10.5 Å². The van der Waals surface area contributed by atoms with Crippen LogP contribution in [-0.2, 0) is 22.8 Å². The van der Waals surface area contributed by atoms with Crippen molar-refractivity contribution in [3.05, 3.63) is 130 Å². The Morgan fingerprint density at radius 1 is 0.833 bits per heavy atom. The highest BCUT2D eigenvalue weighted by atomic mass is 35.5. The number of aromatic carboxylic acids is 1. The van der Waals surface area contributed by atoms with Gasteiger partial charge in [-0.25, -0.2) is 14.5 Å². The number of urea groups is 1. The molecule has 1 saturated heterocycles. The molecule has 9 nitrogen and oxygen atoms in total. The molecular weight excluding hydrogens is 560 g/mol. The average Bonchev–Trinajstić information content (AvgIpc) is 2.99. The Kier molecular flexibility index (Phi) is 8.31. The number of amides is 4. The van der Waals surface area contributed by atoms with Crippen LogP contribution in [-0.4, -0.2) is 28.9 Å². The number of hydrogen-bond donors (Lipinski definition) is 2. The van der Waals surface area contributed by atoms with E-state index in [1.165, 1.54) is 24.3 Å². The van der Waals surface area contributed by atoms with Gasteiger partial charge in [-0.15, -0.1) is 0 Å². The molecule has 10 heteroatoms. The third-order valence-electron chi connectivity index (χ3n) is 6.31. The highest BCUT2D eigenvalue weighted by Crippen LogP contribution is 2.29. The van der Waals surface area contributed by atoms with Crippen LogP contribution in [0, 0.1) is 0 Å². The van der Waals surface area contributed by atoms with Crippen molar-refractivity contribution in [1.29, 1.82) is 0 Å². The van der Waals surface area contributed by atoms with Crippen LogP contribution in [0.1, 0.15) is 27.0 Å². The fourth-order valence-electron chi connectivity index (χ4n) is 4.15. The first-order valence-corrected chi connectivity index (χ1v) is 13.1. The largest absolute Gasteiger partial charge is 0.489 e. The van der Waals surface area contributed by atoms with Crippen LogP contribution in [0.25, 0.3) is 6.08 Å². The van der Waals surface area contributed by atoms with E-state index in [-0.39, 0.29) is 23.4 Å². The van der Waals surface area contributed by atoms with Crippen molar-refractivity contribution in [3.63, 3.8) is 0 Å². The summed E-state index contributed by atoms with van der Waals surface area (Å²) in [5, 5.41) is 11.6. The van der Waals surface area contributed by atoms with E-state index < -0.39 is 23.8 Å². The summed E-state index contributed by atoms with van der Waals surface area (Å²) >= 11 is 6.20. The number of ether oxygens (including phenoxy) is 2. The molecule has 1 heterocycles. The number of anilines is 1. The summed E-state index contributed by atoms with van der Waals surface area (Å²) in [5.74, 6) is -1.86. The molecule has 0 radical (unpaired) electrons. The lowest BCUT2D eigenvalue weighted by atomic mass is 10.1. The second-order valence-electron chi connectivity index (χ2n) is 9.20. The Morgan fingerprint density at radius 2 is 1.50 bits per heavy atom. The maximum atomic E-state index is 13.4. The van der Waals surface area contributed by atoms with E-state index in [0.29, 0.717) is 34.3 Å². The van der Waals surface area contributed by atoms with Crippen molar-refractivity contribution >= 4 is 47.2 Å². The number of nitrogens with zero attached hydrogens (tertiary/aromatic N) is 1. The lowest BCUT2D eigenvalue weighted by Gasteiger charge is -2.26. The number of barbiturate groups is 1. The molecule has 1 aliphatic heterocycles. The van der Waals surface area contributed by atoms with Crippen molar-refractivity contribution in [3.8, 4) is 11.5 Å². The molecule has 0 bridgehead atoms. The van der Waals surface area contributed by atoms with Gasteiger partial charge in [-0.05, 0) is 71.8 Å². The van der Waals surface area contributed by atoms with Gasteiger partial charge in [0.15, 0.2) is 0 Å². The van der Waals surface area contributed by atoms with Gasteiger partial charge in [-0.3, -0.25) is 14.9 Å². The molecule has 1 fully saturated rings. The van der Waals surface area contributed by atoms with E-state index in [0.717, 1.165) is 10.5 Å². The van der Waals surface area contributed by atoms with E-state index in [2.05, 4.69) is 5.32 Å². The molecule has 1 aliphatic rings. The van der Waals surface area contributed by atoms with Crippen LogP contribution in [0.5, 0.6) is 11.5 Å². The summed E-state index contributed by atoms with van der Waals surface area (Å²) in [4.78, 5) is 50.8. The molecule has 0 aromatic heterocycles. The molecule has 4 aromatic rings. The first-order valence-electron chi connectivity index (χ1n) is 12.7. The first kappa shape index (κ1) is 28.1. The van der Waals surface area contributed by atoms with Crippen molar-refractivity contribution in [2.45, 2.75) is 13.2 Å². The zero-order valence-electron chi connectivity index (χ0n) is 22.0. The Labute approximate surface area is 245 Å². The van der Waals surface area contributed by atoms with Crippen LogP contribution < -0.4 is 19.7 Å². The summed E-state index contributed by atoms with van der Waals surface area (Å²) < 4.78 is 11.7. The molecule has 0 atom stereocenters. The minimum Gasteiger partial charge on any atom is -0.489 e. The molecule has 0 aliphatic carbocycles. The molecule has 5 rings (SSSR count). The molecule has 0 spiro atoms. The molecule has 0 unspecified atom stereocenters. The average molecular weight is 583 g/mol. The summed E-state index contributed by atoms with van der Waals surface area (Å²) in [5.41, 5.74) is 2.12. The topological polar surface area (TPSA) is 122 Å². The number of carbonyl (C=O) groups is 4. The number of imide groups is 2. The van der Waals surface area contributed by atoms with Crippen molar-refractivity contribution in [2.75, 3.05) is 4.90 Å². The Bertz CT molecular complexity index is 1680. The number of halogens is 1. The summed E-state index contributed by atoms with van der Waals surface area (Å²) in [6.45, 7) is 0.434. The van der Waals surface area contributed by atoms with Crippen LogP contribution >= 0.6 is 11.6 Å². The molecule has 210 valence electrons. The predicted octanol–water partition coefficient (Wildman–Crippen LogP) is 5.86. The van der Waals surface area contributed by atoms with Crippen molar-refractivity contribution < 1.29 is 33.8 Å². The third kappa shape index (κ3) is 6.48. The molecule has 42 heavy (non-hydrogen) atoms. The zero-order chi connectivity index (χ0) is 29.6. The SMILES string of the molecule is O=C1NC(=O)N(c2ccc(OCc3ccccc3)cc2)C(=O)/C1=C/c1cc(Cl)ccc1OCc1ccc(C(=O)O)cc1. The van der Waals surface area contributed by atoms with Gasteiger partial charge in [0.2, 0.25) is 0 Å². The summed E-state index contributed by atoms with van der Waals surface area (Å²) in [6.07, 6.45) is 1.31. The maximum Gasteiger partial charge on any atom is 0.335 e. The quantitative estimate of drug-likeness (QED) is 0.187. The number of carbonyl (C=O) groups excluding carboxylic acids is 3. The van der Waals surface area contributed by atoms with Gasteiger partial charge in [0.1, 0.15) is 30.3 Å².